The zero-order chi connectivity index (χ0) is 16.2. The molecule has 3 rings (SSSR count). The van der Waals surface area contributed by atoms with Crippen LogP contribution in [-0.2, 0) is 6.42 Å². The smallest absolute Gasteiger partial charge is 0.267 e. The lowest BCUT2D eigenvalue weighted by atomic mass is 10.2. The molecule has 7 nitrogen and oxygen atoms in total. The van der Waals surface area contributed by atoms with E-state index in [4.69, 9.17) is 4.74 Å². The van der Waals surface area contributed by atoms with Gasteiger partial charge in [0.1, 0.15) is 11.0 Å². The van der Waals surface area contributed by atoms with Gasteiger partial charge in [-0.3, -0.25) is 4.79 Å². The fourth-order valence-corrected chi connectivity index (χ4v) is 3.22. The molecule has 0 aromatic carbocycles. The van der Waals surface area contributed by atoms with E-state index in [-0.39, 0.29) is 12.0 Å². The average molecular weight is 333 g/mol. The van der Waals surface area contributed by atoms with E-state index in [2.05, 4.69) is 26.7 Å². The number of carbonyl (C=O) groups is 1. The number of carbonyl (C=O) groups excluding carboxylic acids is 1. The van der Waals surface area contributed by atoms with Gasteiger partial charge in [0.15, 0.2) is 0 Å². The number of ether oxygens (including phenoxy) is 1. The van der Waals surface area contributed by atoms with Gasteiger partial charge in [0.05, 0.1) is 17.9 Å². The molecule has 0 saturated carbocycles. The minimum Gasteiger partial charge on any atom is -0.471 e. The first-order chi connectivity index (χ1) is 11.2. The second-order valence-electron chi connectivity index (χ2n) is 5.59. The summed E-state index contributed by atoms with van der Waals surface area (Å²) >= 11 is 1.18. The van der Waals surface area contributed by atoms with E-state index in [1.54, 1.807) is 11.0 Å². The molecule has 1 saturated heterocycles. The van der Waals surface area contributed by atoms with Crippen LogP contribution in [0.25, 0.3) is 0 Å². The highest BCUT2D eigenvalue weighted by Crippen LogP contribution is 2.21. The molecule has 2 aromatic heterocycles. The van der Waals surface area contributed by atoms with Crippen LogP contribution in [-0.4, -0.2) is 49.8 Å². The van der Waals surface area contributed by atoms with Gasteiger partial charge in [-0.25, -0.2) is 0 Å². The number of hydrogen-bond donors (Lipinski definition) is 0. The van der Waals surface area contributed by atoms with E-state index in [9.17, 15) is 4.79 Å². The summed E-state index contributed by atoms with van der Waals surface area (Å²) in [7, 11) is 0. The third-order valence-electron chi connectivity index (χ3n) is 3.73. The van der Waals surface area contributed by atoms with Gasteiger partial charge in [-0.2, -0.15) is 5.10 Å². The Morgan fingerprint density at radius 3 is 3.00 bits per heavy atom. The van der Waals surface area contributed by atoms with E-state index in [0.29, 0.717) is 23.8 Å². The Morgan fingerprint density at radius 1 is 1.39 bits per heavy atom. The van der Waals surface area contributed by atoms with E-state index >= 15 is 0 Å². The van der Waals surface area contributed by atoms with Crippen LogP contribution in [0.5, 0.6) is 5.88 Å². The molecule has 1 aliphatic heterocycles. The molecular formula is C15H19N5O2S. The zero-order valence-corrected chi connectivity index (χ0v) is 14.0. The van der Waals surface area contributed by atoms with E-state index < -0.39 is 0 Å². The molecule has 0 bridgehead atoms. The van der Waals surface area contributed by atoms with Crippen molar-refractivity contribution in [2.75, 3.05) is 13.1 Å². The van der Waals surface area contributed by atoms with Gasteiger partial charge in [0.25, 0.3) is 5.91 Å². The summed E-state index contributed by atoms with van der Waals surface area (Å²) in [5.41, 5.74) is 1.65. The number of hydrogen-bond acceptors (Lipinski definition) is 7. The SMILES string of the molecule is CCCc1nnsc1C(=O)N1CC[C@H](Oc2ccc(C)nn2)C1. The Balaban J connectivity index is 1.61. The maximum absolute atomic E-state index is 12.6. The van der Waals surface area contributed by atoms with Gasteiger partial charge in [-0.05, 0) is 30.9 Å². The van der Waals surface area contributed by atoms with Crippen molar-refractivity contribution >= 4 is 17.4 Å². The Labute approximate surface area is 138 Å². The lowest BCUT2D eigenvalue weighted by molar-refractivity contribution is 0.0774. The maximum Gasteiger partial charge on any atom is 0.267 e. The molecule has 8 heteroatoms. The van der Waals surface area contributed by atoms with Gasteiger partial charge in [-0.1, -0.05) is 17.8 Å². The van der Waals surface area contributed by atoms with Crippen molar-refractivity contribution in [1.29, 1.82) is 0 Å². The molecule has 0 N–H and O–H groups in total. The lowest BCUT2D eigenvalue weighted by Crippen LogP contribution is -2.31. The highest BCUT2D eigenvalue weighted by atomic mass is 32.1. The van der Waals surface area contributed by atoms with Gasteiger partial charge in [0.2, 0.25) is 5.88 Å². The van der Waals surface area contributed by atoms with Gasteiger partial charge in [0, 0.05) is 19.0 Å². The van der Waals surface area contributed by atoms with Crippen LogP contribution in [0.1, 0.15) is 40.8 Å². The summed E-state index contributed by atoms with van der Waals surface area (Å²) in [4.78, 5) is 15.1. The van der Waals surface area contributed by atoms with Crippen LogP contribution in [0.3, 0.4) is 0 Å². The molecule has 3 heterocycles. The van der Waals surface area contributed by atoms with E-state index in [1.165, 1.54) is 11.5 Å². The lowest BCUT2D eigenvalue weighted by Gasteiger charge is -2.16. The second-order valence-corrected chi connectivity index (χ2v) is 6.35. The number of aryl methyl sites for hydroxylation is 2. The fraction of sp³-hybridized carbons (Fsp3) is 0.533. The summed E-state index contributed by atoms with van der Waals surface area (Å²) in [6.07, 6.45) is 2.47. The summed E-state index contributed by atoms with van der Waals surface area (Å²) in [6, 6.07) is 3.67. The molecular weight excluding hydrogens is 314 g/mol. The van der Waals surface area contributed by atoms with Gasteiger partial charge in [-0.15, -0.1) is 10.2 Å². The van der Waals surface area contributed by atoms with Crippen LogP contribution in [0.2, 0.25) is 0 Å². The van der Waals surface area contributed by atoms with Crippen molar-refractivity contribution in [3.8, 4) is 5.88 Å². The number of rotatable bonds is 5. The fourth-order valence-electron chi connectivity index (χ4n) is 2.54. The monoisotopic (exact) mass is 333 g/mol. The molecule has 0 spiro atoms. The second kappa shape index (κ2) is 6.99. The van der Waals surface area contributed by atoms with Crippen molar-refractivity contribution in [3.05, 3.63) is 28.4 Å². The van der Waals surface area contributed by atoms with Crippen LogP contribution in [0, 0.1) is 6.92 Å². The van der Waals surface area contributed by atoms with Crippen molar-refractivity contribution in [3.63, 3.8) is 0 Å². The highest BCUT2D eigenvalue weighted by molar-refractivity contribution is 7.08. The normalized spacial score (nSPS) is 17.5. The quantitative estimate of drug-likeness (QED) is 0.831. The molecule has 2 aromatic rings. The van der Waals surface area contributed by atoms with E-state index in [0.717, 1.165) is 30.7 Å². The largest absolute Gasteiger partial charge is 0.471 e. The molecule has 0 aliphatic carbocycles. The Hall–Kier alpha value is -2.09. The first-order valence-electron chi connectivity index (χ1n) is 7.75. The molecule has 1 fully saturated rings. The molecule has 0 unspecified atom stereocenters. The first kappa shape index (κ1) is 15.8. The van der Waals surface area contributed by atoms with Crippen molar-refractivity contribution < 1.29 is 9.53 Å². The third-order valence-corrected chi connectivity index (χ3v) is 4.49. The average Bonchev–Trinajstić information content (AvgIpc) is 3.19. The minimum atomic E-state index is -0.0496. The van der Waals surface area contributed by atoms with Crippen LogP contribution < -0.4 is 4.74 Å². The standard InChI is InChI=1S/C15H19N5O2S/c1-3-4-12-14(23-19-17-12)15(21)20-8-7-11(9-20)22-13-6-5-10(2)16-18-13/h5-6,11H,3-4,7-9H2,1-2H3/t11-/m0/s1. The first-order valence-corrected chi connectivity index (χ1v) is 8.52. The predicted molar refractivity (Wildman–Crippen MR) is 85.6 cm³/mol. The van der Waals surface area contributed by atoms with Crippen LogP contribution in [0.15, 0.2) is 12.1 Å². The number of likely N-dealkylation sites (tertiary alicyclic amines) is 1. The summed E-state index contributed by atoms with van der Waals surface area (Å²) in [5, 5.41) is 12.0. The summed E-state index contributed by atoms with van der Waals surface area (Å²) in [5.74, 6) is 0.505. The van der Waals surface area contributed by atoms with Gasteiger partial charge >= 0.3 is 0 Å². The van der Waals surface area contributed by atoms with Crippen molar-refractivity contribution in [2.45, 2.75) is 39.2 Å². The molecule has 23 heavy (non-hydrogen) atoms. The third kappa shape index (κ3) is 3.64. The summed E-state index contributed by atoms with van der Waals surface area (Å²) < 4.78 is 9.73. The van der Waals surface area contributed by atoms with Crippen molar-refractivity contribution in [2.24, 2.45) is 0 Å². The Bertz CT molecular complexity index is 673. The van der Waals surface area contributed by atoms with Crippen LogP contribution >= 0.6 is 11.5 Å². The van der Waals surface area contributed by atoms with Gasteiger partial charge < -0.3 is 9.64 Å². The van der Waals surface area contributed by atoms with Crippen LogP contribution in [0.4, 0.5) is 0 Å². The number of aromatic nitrogens is 4. The Morgan fingerprint density at radius 2 is 2.26 bits per heavy atom. The maximum atomic E-state index is 12.6. The Kier molecular flexibility index (Phi) is 4.80. The van der Waals surface area contributed by atoms with E-state index in [1.807, 2.05) is 13.0 Å². The minimum absolute atomic E-state index is 0.00420. The molecule has 1 amide bonds. The molecule has 1 aliphatic rings. The number of amides is 1. The topological polar surface area (TPSA) is 81.1 Å². The number of nitrogens with zero attached hydrogens (tertiary/aromatic N) is 5. The summed E-state index contributed by atoms with van der Waals surface area (Å²) in [6.45, 7) is 5.17. The zero-order valence-electron chi connectivity index (χ0n) is 13.2. The van der Waals surface area contributed by atoms with Crippen molar-refractivity contribution in [1.82, 2.24) is 24.7 Å². The highest BCUT2D eigenvalue weighted by Gasteiger charge is 2.30. The predicted octanol–water partition coefficient (Wildman–Crippen LogP) is 1.88. The molecule has 0 radical (unpaired) electrons. The molecule has 1 atom stereocenters. The molecule has 122 valence electrons.